The van der Waals surface area contributed by atoms with Crippen LogP contribution in [0.1, 0.15) is 11.1 Å². The summed E-state index contributed by atoms with van der Waals surface area (Å²) in [4.78, 5) is 7.34. The molecular formula is C13H13F4N5. The molecule has 2 aromatic rings. The number of aromatic nitrogens is 2. The van der Waals surface area contributed by atoms with E-state index in [2.05, 4.69) is 20.6 Å². The molecule has 1 heterocycles. The second kappa shape index (κ2) is 5.66. The summed E-state index contributed by atoms with van der Waals surface area (Å²) in [5, 5.41) is 5.01. The topological polar surface area (TPSA) is 75.9 Å². The highest BCUT2D eigenvalue weighted by molar-refractivity contribution is 5.67. The van der Waals surface area contributed by atoms with E-state index in [0.29, 0.717) is 11.8 Å². The summed E-state index contributed by atoms with van der Waals surface area (Å²) in [5.74, 6) is -1.07. The maximum absolute atomic E-state index is 13.4. The molecule has 22 heavy (non-hydrogen) atoms. The lowest BCUT2D eigenvalue weighted by atomic mass is 10.1. The molecule has 4 N–H and O–H groups in total. The van der Waals surface area contributed by atoms with Gasteiger partial charge in [0.05, 0.1) is 0 Å². The fraction of sp³-hybridized carbons (Fsp3) is 0.231. The maximum atomic E-state index is 13.4. The molecule has 0 aliphatic carbocycles. The largest absolute Gasteiger partial charge is 0.421 e. The molecular weight excluding hydrogens is 302 g/mol. The number of nitrogens with one attached hydrogen (secondary N) is 2. The van der Waals surface area contributed by atoms with E-state index in [1.807, 2.05) is 0 Å². The highest BCUT2D eigenvalue weighted by Crippen LogP contribution is 2.34. The highest BCUT2D eigenvalue weighted by atomic mass is 19.4. The van der Waals surface area contributed by atoms with Crippen molar-refractivity contribution in [2.24, 2.45) is 0 Å². The number of benzene rings is 1. The van der Waals surface area contributed by atoms with Crippen LogP contribution in [0.2, 0.25) is 0 Å². The summed E-state index contributed by atoms with van der Waals surface area (Å²) >= 11 is 0. The Labute approximate surface area is 123 Å². The predicted molar refractivity (Wildman–Crippen MR) is 75.4 cm³/mol. The molecule has 0 unspecified atom stereocenters. The summed E-state index contributed by atoms with van der Waals surface area (Å²) in [6.45, 7) is 1.64. The van der Waals surface area contributed by atoms with E-state index < -0.39 is 17.6 Å². The minimum absolute atomic E-state index is 0.106. The van der Waals surface area contributed by atoms with Crippen LogP contribution >= 0.6 is 0 Å². The number of alkyl halides is 3. The van der Waals surface area contributed by atoms with Crippen LogP contribution in [-0.2, 0) is 6.18 Å². The van der Waals surface area contributed by atoms with Crippen LogP contribution in [0.5, 0.6) is 0 Å². The van der Waals surface area contributed by atoms with Gasteiger partial charge in [-0.15, -0.1) is 0 Å². The van der Waals surface area contributed by atoms with Crippen LogP contribution in [0, 0.1) is 12.7 Å². The van der Waals surface area contributed by atoms with Crippen molar-refractivity contribution in [2.75, 3.05) is 23.4 Å². The van der Waals surface area contributed by atoms with Crippen molar-refractivity contribution in [3.8, 4) is 0 Å². The first-order valence-electron chi connectivity index (χ1n) is 6.17. The lowest BCUT2D eigenvalue weighted by Gasteiger charge is -2.14. The molecule has 1 aromatic heterocycles. The zero-order valence-electron chi connectivity index (χ0n) is 11.7. The third kappa shape index (κ3) is 3.18. The van der Waals surface area contributed by atoms with Gasteiger partial charge in [-0.25, -0.2) is 9.37 Å². The molecule has 0 saturated heterocycles. The fourth-order valence-electron chi connectivity index (χ4n) is 1.79. The van der Waals surface area contributed by atoms with Gasteiger partial charge < -0.3 is 16.4 Å². The number of nitrogens with two attached hydrogens (primary N) is 1. The van der Waals surface area contributed by atoms with E-state index in [1.165, 1.54) is 7.05 Å². The molecule has 5 nitrogen and oxygen atoms in total. The molecule has 0 radical (unpaired) electrons. The number of rotatable bonds is 3. The van der Waals surface area contributed by atoms with Gasteiger partial charge in [0.25, 0.3) is 0 Å². The SMILES string of the molecule is CNc1nc(Nc2cc(F)cc(N)c2C)ncc1C(F)(F)F. The second-order valence-electron chi connectivity index (χ2n) is 4.50. The van der Waals surface area contributed by atoms with Gasteiger partial charge in [-0.2, -0.15) is 18.2 Å². The number of anilines is 4. The zero-order valence-corrected chi connectivity index (χ0v) is 11.7. The van der Waals surface area contributed by atoms with Crippen molar-refractivity contribution < 1.29 is 17.6 Å². The van der Waals surface area contributed by atoms with Crippen molar-refractivity contribution in [3.63, 3.8) is 0 Å². The summed E-state index contributed by atoms with van der Waals surface area (Å²) in [5.41, 5.74) is 5.67. The summed E-state index contributed by atoms with van der Waals surface area (Å²) < 4.78 is 51.6. The predicted octanol–water partition coefficient (Wildman–Crippen LogP) is 3.31. The summed E-state index contributed by atoms with van der Waals surface area (Å²) in [6.07, 6.45) is -3.92. The minimum atomic E-state index is -4.57. The van der Waals surface area contributed by atoms with E-state index in [1.54, 1.807) is 6.92 Å². The van der Waals surface area contributed by atoms with Crippen molar-refractivity contribution >= 4 is 23.1 Å². The van der Waals surface area contributed by atoms with Gasteiger partial charge in [0.1, 0.15) is 17.2 Å². The Kier molecular flexibility index (Phi) is 4.07. The van der Waals surface area contributed by atoms with Crippen LogP contribution < -0.4 is 16.4 Å². The van der Waals surface area contributed by atoms with Crippen molar-refractivity contribution in [1.29, 1.82) is 0 Å². The van der Waals surface area contributed by atoms with E-state index in [-0.39, 0.29) is 23.1 Å². The number of hydrogen-bond donors (Lipinski definition) is 3. The average Bonchev–Trinajstić information content (AvgIpc) is 2.42. The van der Waals surface area contributed by atoms with Gasteiger partial charge in [0, 0.05) is 24.6 Å². The van der Waals surface area contributed by atoms with Gasteiger partial charge in [0.2, 0.25) is 5.95 Å². The van der Waals surface area contributed by atoms with Crippen LogP contribution in [-0.4, -0.2) is 17.0 Å². The molecule has 118 valence electrons. The fourth-order valence-corrected chi connectivity index (χ4v) is 1.79. The Morgan fingerprint density at radius 1 is 1.23 bits per heavy atom. The van der Waals surface area contributed by atoms with Gasteiger partial charge in [-0.05, 0) is 24.6 Å². The summed E-state index contributed by atoms with van der Waals surface area (Å²) in [6, 6.07) is 2.30. The highest BCUT2D eigenvalue weighted by Gasteiger charge is 2.35. The first kappa shape index (κ1) is 15.8. The summed E-state index contributed by atoms with van der Waals surface area (Å²) in [7, 11) is 1.31. The molecule has 2 rings (SSSR count). The second-order valence-corrected chi connectivity index (χ2v) is 4.50. The molecule has 0 saturated carbocycles. The maximum Gasteiger partial charge on any atom is 0.421 e. The monoisotopic (exact) mass is 315 g/mol. The third-order valence-corrected chi connectivity index (χ3v) is 2.99. The molecule has 0 amide bonds. The number of hydrogen-bond acceptors (Lipinski definition) is 5. The van der Waals surface area contributed by atoms with Crippen LogP contribution in [0.25, 0.3) is 0 Å². The van der Waals surface area contributed by atoms with E-state index >= 15 is 0 Å². The number of halogens is 4. The Hall–Kier alpha value is -2.58. The molecule has 0 aliphatic rings. The standard InChI is InChI=1S/C13H13F4N5/c1-6-9(18)3-7(14)4-10(6)21-12-20-5-8(13(15,16)17)11(19-2)22-12/h3-5H,18H2,1-2H3,(H2,19,20,21,22). The molecule has 0 aliphatic heterocycles. The van der Waals surface area contributed by atoms with Crippen LogP contribution in [0.3, 0.4) is 0 Å². The molecule has 0 atom stereocenters. The van der Waals surface area contributed by atoms with Gasteiger partial charge in [-0.3, -0.25) is 0 Å². The smallest absolute Gasteiger partial charge is 0.398 e. The molecule has 1 aromatic carbocycles. The molecule has 9 heteroatoms. The lowest BCUT2D eigenvalue weighted by Crippen LogP contribution is -2.12. The first-order valence-corrected chi connectivity index (χ1v) is 6.17. The Morgan fingerprint density at radius 2 is 1.91 bits per heavy atom. The zero-order chi connectivity index (χ0) is 16.5. The quantitative estimate of drug-likeness (QED) is 0.598. The normalized spacial score (nSPS) is 11.4. The van der Waals surface area contributed by atoms with E-state index in [9.17, 15) is 17.6 Å². The van der Waals surface area contributed by atoms with E-state index in [0.717, 1.165) is 12.1 Å². The van der Waals surface area contributed by atoms with E-state index in [4.69, 9.17) is 5.73 Å². The van der Waals surface area contributed by atoms with Crippen molar-refractivity contribution in [1.82, 2.24) is 9.97 Å². The average molecular weight is 315 g/mol. The minimum Gasteiger partial charge on any atom is -0.398 e. The van der Waals surface area contributed by atoms with Gasteiger partial charge in [0.15, 0.2) is 0 Å². The van der Waals surface area contributed by atoms with Gasteiger partial charge in [-0.1, -0.05) is 0 Å². The Morgan fingerprint density at radius 3 is 2.50 bits per heavy atom. The Balaban J connectivity index is 2.39. The molecule has 0 fully saturated rings. The van der Waals surface area contributed by atoms with Gasteiger partial charge >= 0.3 is 6.18 Å². The van der Waals surface area contributed by atoms with Crippen LogP contribution in [0.4, 0.5) is 40.7 Å². The Bertz CT molecular complexity index is 700. The molecule has 0 bridgehead atoms. The third-order valence-electron chi connectivity index (χ3n) is 2.99. The number of nitrogens with zero attached hydrogens (tertiary/aromatic N) is 2. The first-order chi connectivity index (χ1) is 10.2. The molecule has 0 spiro atoms. The van der Waals surface area contributed by atoms with Crippen LogP contribution in [0.15, 0.2) is 18.3 Å². The van der Waals surface area contributed by atoms with Crippen molar-refractivity contribution in [3.05, 3.63) is 35.3 Å². The van der Waals surface area contributed by atoms with Crippen molar-refractivity contribution in [2.45, 2.75) is 13.1 Å². The lowest BCUT2D eigenvalue weighted by molar-refractivity contribution is -0.137. The number of nitrogen functional groups attached to an aromatic ring is 1.